The van der Waals surface area contributed by atoms with Gasteiger partial charge in [-0.15, -0.1) is 0 Å². The van der Waals surface area contributed by atoms with Crippen molar-refractivity contribution in [2.75, 3.05) is 32.1 Å². The molecule has 2 rings (SSSR count). The molecule has 0 bridgehead atoms. The molecular weight excluding hydrogens is 236 g/mol. The van der Waals surface area contributed by atoms with E-state index in [0.29, 0.717) is 6.04 Å². The normalized spacial score (nSPS) is 19.1. The van der Waals surface area contributed by atoms with E-state index in [0.717, 1.165) is 17.4 Å². The van der Waals surface area contributed by atoms with Gasteiger partial charge in [-0.2, -0.15) is 0 Å². The SMILES string of the molecule is CCN1CCC(C(C)Nc2ccccc2OC)CC1. The number of ether oxygens (including phenoxy) is 1. The highest BCUT2D eigenvalue weighted by atomic mass is 16.5. The predicted octanol–water partition coefficient (Wildman–Crippen LogP) is 3.23. The monoisotopic (exact) mass is 262 g/mol. The summed E-state index contributed by atoms with van der Waals surface area (Å²) in [6, 6.07) is 8.66. The second kappa shape index (κ2) is 6.80. The molecule has 3 nitrogen and oxygen atoms in total. The number of anilines is 1. The highest BCUT2D eigenvalue weighted by Gasteiger charge is 2.23. The maximum atomic E-state index is 5.40. The van der Waals surface area contributed by atoms with Crippen molar-refractivity contribution in [2.45, 2.75) is 32.7 Å². The fraction of sp³-hybridized carbons (Fsp3) is 0.625. The zero-order valence-corrected chi connectivity index (χ0v) is 12.4. The van der Waals surface area contributed by atoms with Crippen molar-refractivity contribution < 1.29 is 4.74 Å². The van der Waals surface area contributed by atoms with Crippen LogP contribution >= 0.6 is 0 Å². The molecule has 1 aliphatic heterocycles. The molecule has 1 saturated heterocycles. The van der Waals surface area contributed by atoms with Crippen LogP contribution < -0.4 is 10.1 Å². The minimum absolute atomic E-state index is 0.496. The number of rotatable bonds is 5. The second-order valence-electron chi connectivity index (χ2n) is 5.40. The zero-order chi connectivity index (χ0) is 13.7. The average molecular weight is 262 g/mol. The molecular formula is C16H26N2O. The molecule has 19 heavy (non-hydrogen) atoms. The van der Waals surface area contributed by atoms with E-state index in [9.17, 15) is 0 Å². The number of benzene rings is 1. The quantitative estimate of drug-likeness (QED) is 0.881. The summed E-state index contributed by atoms with van der Waals surface area (Å²) in [4.78, 5) is 2.53. The Hall–Kier alpha value is -1.22. The van der Waals surface area contributed by atoms with E-state index in [2.05, 4.69) is 36.2 Å². The molecule has 1 atom stereocenters. The molecule has 0 amide bonds. The Kier molecular flexibility index (Phi) is 5.08. The third-order valence-electron chi connectivity index (χ3n) is 4.28. The van der Waals surface area contributed by atoms with E-state index in [4.69, 9.17) is 4.74 Å². The third kappa shape index (κ3) is 3.63. The first kappa shape index (κ1) is 14.2. The number of methoxy groups -OCH3 is 1. The molecule has 0 aliphatic carbocycles. The molecule has 3 heteroatoms. The smallest absolute Gasteiger partial charge is 0.141 e. The first-order valence-corrected chi connectivity index (χ1v) is 7.36. The van der Waals surface area contributed by atoms with E-state index in [1.807, 2.05) is 12.1 Å². The van der Waals surface area contributed by atoms with E-state index in [-0.39, 0.29) is 0 Å². The van der Waals surface area contributed by atoms with Crippen LogP contribution in [0, 0.1) is 5.92 Å². The van der Waals surface area contributed by atoms with Gasteiger partial charge in [0, 0.05) is 6.04 Å². The van der Waals surface area contributed by atoms with Gasteiger partial charge in [0.1, 0.15) is 5.75 Å². The number of nitrogens with one attached hydrogen (secondary N) is 1. The van der Waals surface area contributed by atoms with Gasteiger partial charge in [0.05, 0.1) is 12.8 Å². The summed E-state index contributed by atoms with van der Waals surface area (Å²) in [6.07, 6.45) is 2.58. The lowest BCUT2D eigenvalue weighted by Crippen LogP contribution is -2.39. The van der Waals surface area contributed by atoms with Crippen LogP contribution in [0.25, 0.3) is 0 Å². The van der Waals surface area contributed by atoms with E-state index in [1.54, 1.807) is 7.11 Å². The summed E-state index contributed by atoms with van der Waals surface area (Å²) >= 11 is 0. The third-order valence-corrected chi connectivity index (χ3v) is 4.28. The first-order valence-electron chi connectivity index (χ1n) is 7.36. The van der Waals surface area contributed by atoms with Crippen molar-refractivity contribution in [1.82, 2.24) is 4.90 Å². The maximum absolute atomic E-state index is 5.40. The van der Waals surface area contributed by atoms with E-state index in [1.165, 1.54) is 32.5 Å². The van der Waals surface area contributed by atoms with Gasteiger partial charge < -0.3 is 15.0 Å². The highest BCUT2D eigenvalue weighted by molar-refractivity contribution is 5.56. The minimum Gasteiger partial charge on any atom is -0.495 e. The molecule has 1 aromatic rings. The van der Waals surface area contributed by atoms with Crippen LogP contribution in [-0.4, -0.2) is 37.7 Å². The van der Waals surface area contributed by atoms with E-state index >= 15 is 0 Å². The molecule has 0 spiro atoms. The largest absolute Gasteiger partial charge is 0.495 e. The summed E-state index contributed by atoms with van der Waals surface area (Å²) in [7, 11) is 1.73. The lowest BCUT2D eigenvalue weighted by Gasteiger charge is -2.35. The van der Waals surface area contributed by atoms with Crippen LogP contribution in [0.15, 0.2) is 24.3 Å². The highest BCUT2D eigenvalue weighted by Crippen LogP contribution is 2.28. The summed E-state index contributed by atoms with van der Waals surface area (Å²) < 4.78 is 5.40. The standard InChI is InChI=1S/C16H26N2O/c1-4-18-11-9-14(10-12-18)13(2)17-15-7-5-6-8-16(15)19-3/h5-8,13-14,17H,4,9-12H2,1-3H3. The van der Waals surface area contributed by atoms with Crippen LogP contribution in [0.2, 0.25) is 0 Å². The Bertz CT molecular complexity index is 386. The molecule has 0 saturated carbocycles. The van der Waals surface area contributed by atoms with Gasteiger partial charge in [0.15, 0.2) is 0 Å². The van der Waals surface area contributed by atoms with Crippen LogP contribution in [0.5, 0.6) is 5.75 Å². The van der Waals surface area contributed by atoms with Gasteiger partial charge >= 0.3 is 0 Å². The van der Waals surface area contributed by atoms with Crippen LogP contribution in [-0.2, 0) is 0 Å². The minimum atomic E-state index is 0.496. The van der Waals surface area contributed by atoms with Crippen LogP contribution in [0.4, 0.5) is 5.69 Å². The number of nitrogens with zero attached hydrogens (tertiary/aromatic N) is 1. The molecule has 1 heterocycles. The molecule has 1 N–H and O–H groups in total. The van der Waals surface area contributed by atoms with Crippen molar-refractivity contribution in [2.24, 2.45) is 5.92 Å². The summed E-state index contributed by atoms with van der Waals surface area (Å²) in [5.41, 5.74) is 1.11. The molecule has 1 aromatic carbocycles. The number of hydrogen-bond donors (Lipinski definition) is 1. The Balaban J connectivity index is 1.92. The fourth-order valence-electron chi connectivity index (χ4n) is 2.90. The van der Waals surface area contributed by atoms with Crippen LogP contribution in [0.3, 0.4) is 0 Å². The molecule has 106 valence electrons. The summed E-state index contributed by atoms with van der Waals surface area (Å²) in [5, 5.41) is 3.62. The van der Waals surface area contributed by atoms with Crippen molar-refractivity contribution in [3.63, 3.8) is 0 Å². The topological polar surface area (TPSA) is 24.5 Å². The number of likely N-dealkylation sites (tertiary alicyclic amines) is 1. The fourth-order valence-corrected chi connectivity index (χ4v) is 2.90. The Morgan fingerprint density at radius 2 is 2.00 bits per heavy atom. The lowest BCUT2D eigenvalue weighted by atomic mass is 9.90. The number of para-hydroxylation sites is 2. The van der Waals surface area contributed by atoms with Gasteiger partial charge in [-0.25, -0.2) is 0 Å². The van der Waals surface area contributed by atoms with Crippen molar-refractivity contribution in [3.05, 3.63) is 24.3 Å². The molecule has 1 fully saturated rings. The van der Waals surface area contributed by atoms with Gasteiger partial charge in [-0.3, -0.25) is 0 Å². The lowest BCUT2D eigenvalue weighted by molar-refractivity contribution is 0.183. The molecule has 0 aromatic heterocycles. The maximum Gasteiger partial charge on any atom is 0.141 e. The second-order valence-corrected chi connectivity index (χ2v) is 5.40. The first-order chi connectivity index (χ1) is 9.24. The molecule has 1 unspecified atom stereocenters. The molecule has 1 aliphatic rings. The number of hydrogen-bond acceptors (Lipinski definition) is 3. The Labute approximate surface area is 116 Å². The van der Waals surface area contributed by atoms with Gasteiger partial charge in [0.25, 0.3) is 0 Å². The predicted molar refractivity (Wildman–Crippen MR) is 80.9 cm³/mol. The zero-order valence-electron chi connectivity index (χ0n) is 12.4. The van der Waals surface area contributed by atoms with Gasteiger partial charge in [-0.05, 0) is 57.5 Å². The van der Waals surface area contributed by atoms with Crippen LogP contribution in [0.1, 0.15) is 26.7 Å². The summed E-state index contributed by atoms with van der Waals surface area (Å²) in [5.74, 6) is 1.69. The van der Waals surface area contributed by atoms with Crippen molar-refractivity contribution in [1.29, 1.82) is 0 Å². The van der Waals surface area contributed by atoms with E-state index < -0.39 is 0 Å². The molecule has 0 radical (unpaired) electrons. The Morgan fingerprint density at radius 3 is 2.63 bits per heavy atom. The average Bonchev–Trinajstić information content (AvgIpc) is 2.48. The van der Waals surface area contributed by atoms with Crippen molar-refractivity contribution in [3.8, 4) is 5.75 Å². The number of piperidine rings is 1. The van der Waals surface area contributed by atoms with Crippen molar-refractivity contribution >= 4 is 5.69 Å². The van der Waals surface area contributed by atoms with Gasteiger partial charge in [0.2, 0.25) is 0 Å². The summed E-state index contributed by atoms with van der Waals surface area (Å²) in [6.45, 7) is 8.19. The van der Waals surface area contributed by atoms with Gasteiger partial charge in [-0.1, -0.05) is 19.1 Å². The Morgan fingerprint density at radius 1 is 1.32 bits per heavy atom.